The van der Waals surface area contributed by atoms with Crippen molar-refractivity contribution in [2.45, 2.75) is 52.9 Å². The highest BCUT2D eigenvalue weighted by Crippen LogP contribution is 2.32. The molecule has 1 nitrogen and oxygen atoms in total. The quantitative estimate of drug-likeness (QED) is 0.725. The van der Waals surface area contributed by atoms with E-state index >= 15 is 0 Å². The van der Waals surface area contributed by atoms with Crippen molar-refractivity contribution < 1.29 is 0 Å². The van der Waals surface area contributed by atoms with Crippen LogP contribution in [-0.4, -0.2) is 4.98 Å². The smallest absolute Gasteiger partial charge is 0.0494 e. The van der Waals surface area contributed by atoms with Gasteiger partial charge in [-0.05, 0) is 24.0 Å². The lowest BCUT2D eigenvalue weighted by molar-refractivity contribution is 0.359. The summed E-state index contributed by atoms with van der Waals surface area (Å²) in [4.78, 5) is 4.59. The molecule has 1 rings (SSSR count). The molecule has 15 heavy (non-hydrogen) atoms. The zero-order chi connectivity index (χ0) is 11.5. The van der Waals surface area contributed by atoms with E-state index in [1.165, 1.54) is 17.7 Å². The highest BCUT2D eigenvalue weighted by atomic mass is 14.7. The van der Waals surface area contributed by atoms with E-state index in [1.807, 2.05) is 12.3 Å². The van der Waals surface area contributed by atoms with Gasteiger partial charge in [-0.3, -0.25) is 4.98 Å². The molecule has 0 atom stereocenters. The first kappa shape index (κ1) is 12.2. The maximum Gasteiger partial charge on any atom is 0.0494 e. The third-order valence-corrected chi connectivity index (χ3v) is 3.46. The van der Waals surface area contributed by atoms with Gasteiger partial charge in [-0.15, -0.1) is 0 Å². The number of aryl methyl sites for hydroxylation is 1. The van der Waals surface area contributed by atoms with Crippen LogP contribution < -0.4 is 0 Å². The fourth-order valence-corrected chi connectivity index (χ4v) is 1.76. The van der Waals surface area contributed by atoms with Crippen molar-refractivity contribution in [3.8, 4) is 0 Å². The minimum atomic E-state index is 0.172. The number of hydrogen-bond donors (Lipinski definition) is 0. The van der Waals surface area contributed by atoms with Crippen LogP contribution in [0.4, 0.5) is 0 Å². The summed E-state index contributed by atoms with van der Waals surface area (Å²) in [6.45, 7) is 11.3. The van der Waals surface area contributed by atoms with Gasteiger partial charge in [0.25, 0.3) is 0 Å². The molecule has 1 aromatic rings. The maximum atomic E-state index is 4.59. The van der Waals surface area contributed by atoms with E-state index in [2.05, 4.69) is 45.7 Å². The molecule has 1 heterocycles. The van der Waals surface area contributed by atoms with E-state index in [0.29, 0.717) is 5.92 Å². The Labute approximate surface area is 93.9 Å². The van der Waals surface area contributed by atoms with Crippen molar-refractivity contribution >= 4 is 0 Å². The van der Waals surface area contributed by atoms with Crippen LogP contribution in [0.5, 0.6) is 0 Å². The van der Waals surface area contributed by atoms with Gasteiger partial charge in [0.1, 0.15) is 0 Å². The van der Waals surface area contributed by atoms with Gasteiger partial charge in [-0.25, -0.2) is 0 Å². The van der Waals surface area contributed by atoms with Gasteiger partial charge in [0.05, 0.1) is 0 Å². The summed E-state index contributed by atoms with van der Waals surface area (Å²) >= 11 is 0. The second-order valence-corrected chi connectivity index (χ2v) is 5.14. The molecular formula is C14H23N. The van der Waals surface area contributed by atoms with Gasteiger partial charge < -0.3 is 0 Å². The van der Waals surface area contributed by atoms with Crippen LogP contribution in [-0.2, 0) is 11.8 Å². The summed E-state index contributed by atoms with van der Waals surface area (Å²) < 4.78 is 0. The predicted octanol–water partition coefficient (Wildman–Crippen LogP) is 3.97. The zero-order valence-electron chi connectivity index (χ0n) is 10.7. The molecule has 0 aliphatic carbocycles. The minimum absolute atomic E-state index is 0.172. The third-order valence-electron chi connectivity index (χ3n) is 3.46. The normalized spacial score (nSPS) is 12.1. The Morgan fingerprint density at radius 3 is 2.53 bits per heavy atom. The maximum absolute atomic E-state index is 4.59. The molecule has 0 saturated heterocycles. The Hall–Kier alpha value is -0.850. The molecule has 0 unspecified atom stereocenters. The first-order valence-electron chi connectivity index (χ1n) is 5.94. The highest BCUT2D eigenvalue weighted by Gasteiger charge is 2.28. The van der Waals surface area contributed by atoms with Gasteiger partial charge in [0.2, 0.25) is 0 Å². The number of pyridine rings is 1. The van der Waals surface area contributed by atoms with E-state index in [4.69, 9.17) is 0 Å². The summed E-state index contributed by atoms with van der Waals surface area (Å²) in [6.07, 6.45) is 4.24. The highest BCUT2D eigenvalue weighted by molar-refractivity contribution is 5.27. The lowest BCUT2D eigenvalue weighted by Gasteiger charge is -2.30. The third kappa shape index (κ3) is 2.58. The molecule has 1 heteroatoms. The lowest BCUT2D eigenvalue weighted by Crippen LogP contribution is -2.27. The van der Waals surface area contributed by atoms with E-state index < -0.39 is 0 Å². The molecule has 0 saturated carbocycles. The minimum Gasteiger partial charge on any atom is -0.260 e. The number of aromatic nitrogens is 1. The molecule has 0 fully saturated rings. The van der Waals surface area contributed by atoms with Crippen LogP contribution >= 0.6 is 0 Å². The summed E-state index contributed by atoms with van der Waals surface area (Å²) in [5.74, 6) is 0.614. The van der Waals surface area contributed by atoms with Crippen LogP contribution in [0, 0.1) is 5.92 Å². The SMILES string of the molecule is CCCc1cccnc1C(C)(C)C(C)C. The van der Waals surface area contributed by atoms with Gasteiger partial charge in [0, 0.05) is 17.3 Å². The van der Waals surface area contributed by atoms with Crippen LogP contribution in [0.15, 0.2) is 18.3 Å². The van der Waals surface area contributed by atoms with E-state index in [-0.39, 0.29) is 5.41 Å². The number of nitrogens with zero attached hydrogens (tertiary/aromatic N) is 1. The monoisotopic (exact) mass is 205 g/mol. The molecule has 0 N–H and O–H groups in total. The van der Waals surface area contributed by atoms with Crippen molar-refractivity contribution in [2.24, 2.45) is 5.92 Å². The van der Waals surface area contributed by atoms with E-state index in [9.17, 15) is 0 Å². The average Bonchev–Trinajstić information content (AvgIpc) is 2.18. The Morgan fingerprint density at radius 2 is 2.00 bits per heavy atom. The van der Waals surface area contributed by atoms with Crippen molar-refractivity contribution in [1.82, 2.24) is 4.98 Å². The molecule has 0 spiro atoms. The van der Waals surface area contributed by atoms with Gasteiger partial charge in [-0.2, -0.15) is 0 Å². The first-order chi connectivity index (χ1) is 7.00. The standard InChI is InChI=1S/C14H23N/c1-6-8-12-9-7-10-15-13(12)14(4,5)11(2)3/h7,9-11H,6,8H2,1-5H3. The van der Waals surface area contributed by atoms with Crippen molar-refractivity contribution in [2.75, 3.05) is 0 Å². The summed E-state index contributed by atoms with van der Waals surface area (Å²) in [5, 5.41) is 0. The molecule has 1 aromatic heterocycles. The van der Waals surface area contributed by atoms with E-state index in [0.717, 1.165) is 6.42 Å². The molecule has 0 aromatic carbocycles. The van der Waals surface area contributed by atoms with Gasteiger partial charge in [-0.1, -0.05) is 47.1 Å². The number of hydrogen-bond acceptors (Lipinski definition) is 1. The summed E-state index contributed by atoms with van der Waals surface area (Å²) in [7, 11) is 0. The van der Waals surface area contributed by atoms with Crippen LogP contribution in [0.3, 0.4) is 0 Å². The molecular weight excluding hydrogens is 182 g/mol. The Balaban J connectivity index is 3.12. The zero-order valence-corrected chi connectivity index (χ0v) is 10.7. The van der Waals surface area contributed by atoms with Crippen LogP contribution in [0.1, 0.15) is 52.3 Å². The second kappa shape index (κ2) is 4.78. The molecule has 0 radical (unpaired) electrons. The van der Waals surface area contributed by atoms with Crippen molar-refractivity contribution in [3.63, 3.8) is 0 Å². The molecule has 0 bridgehead atoms. The Morgan fingerprint density at radius 1 is 1.33 bits per heavy atom. The number of rotatable bonds is 4. The predicted molar refractivity (Wildman–Crippen MR) is 66.1 cm³/mol. The Bertz CT molecular complexity index is 313. The van der Waals surface area contributed by atoms with E-state index in [1.54, 1.807) is 0 Å². The second-order valence-electron chi connectivity index (χ2n) is 5.14. The largest absolute Gasteiger partial charge is 0.260 e. The van der Waals surface area contributed by atoms with Crippen LogP contribution in [0.25, 0.3) is 0 Å². The fourth-order valence-electron chi connectivity index (χ4n) is 1.76. The van der Waals surface area contributed by atoms with Crippen LogP contribution in [0.2, 0.25) is 0 Å². The topological polar surface area (TPSA) is 12.9 Å². The van der Waals surface area contributed by atoms with Crippen molar-refractivity contribution in [1.29, 1.82) is 0 Å². The first-order valence-corrected chi connectivity index (χ1v) is 5.94. The lowest BCUT2D eigenvalue weighted by atomic mass is 9.76. The van der Waals surface area contributed by atoms with Gasteiger partial charge >= 0.3 is 0 Å². The summed E-state index contributed by atoms with van der Waals surface area (Å²) in [5.41, 5.74) is 2.87. The summed E-state index contributed by atoms with van der Waals surface area (Å²) in [6, 6.07) is 4.26. The Kier molecular flexibility index (Phi) is 3.90. The van der Waals surface area contributed by atoms with Gasteiger partial charge in [0.15, 0.2) is 0 Å². The molecule has 0 aliphatic heterocycles. The fraction of sp³-hybridized carbons (Fsp3) is 0.643. The molecule has 0 aliphatic rings. The average molecular weight is 205 g/mol. The molecule has 84 valence electrons. The molecule has 0 amide bonds. The van der Waals surface area contributed by atoms with Crippen molar-refractivity contribution in [3.05, 3.63) is 29.6 Å².